The predicted molar refractivity (Wildman–Crippen MR) is 126 cm³/mol. The molecule has 1 aromatic carbocycles. The van der Waals surface area contributed by atoms with E-state index in [1.54, 1.807) is 0 Å². The third-order valence-electron chi connectivity index (χ3n) is 5.57. The van der Waals surface area contributed by atoms with Crippen LogP contribution in [0.15, 0.2) is 64.9 Å². The van der Waals surface area contributed by atoms with Crippen molar-refractivity contribution in [3.63, 3.8) is 0 Å². The van der Waals surface area contributed by atoms with Gasteiger partial charge in [-0.25, -0.2) is 0 Å². The van der Waals surface area contributed by atoms with Gasteiger partial charge in [0.2, 0.25) is 0 Å². The van der Waals surface area contributed by atoms with Crippen molar-refractivity contribution in [2.24, 2.45) is 0 Å². The summed E-state index contributed by atoms with van der Waals surface area (Å²) in [4.78, 5) is 17.1. The van der Waals surface area contributed by atoms with Gasteiger partial charge in [0.25, 0.3) is 5.91 Å². The second-order valence-corrected chi connectivity index (χ2v) is 8.44. The Morgan fingerprint density at radius 2 is 2.00 bits per heavy atom. The van der Waals surface area contributed by atoms with E-state index in [0.717, 1.165) is 55.2 Å². The molecule has 0 atom stereocenters. The van der Waals surface area contributed by atoms with Crippen LogP contribution in [-0.4, -0.2) is 60.1 Å². The topological polar surface area (TPSA) is 61.6 Å². The van der Waals surface area contributed by atoms with Gasteiger partial charge in [0.1, 0.15) is 5.69 Å². The molecule has 1 saturated heterocycles. The smallest absolute Gasteiger partial charge is 0.251 e. The summed E-state index contributed by atoms with van der Waals surface area (Å²) in [7, 11) is 2.17. The zero-order valence-corrected chi connectivity index (χ0v) is 18.5. The highest BCUT2D eigenvalue weighted by Gasteiger charge is 2.18. The van der Waals surface area contributed by atoms with Gasteiger partial charge >= 0.3 is 0 Å². The van der Waals surface area contributed by atoms with Crippen LogP contribution >= 0.6 is 0 Å². The number of nitrogens with one attached hydrogen (secondary N) is 1. The molecule has 6 nitrogen and oxygen atoms in total. The first-order chi connectivity index (χ1) is 15.0. The van der Waals surface area contributed by atoms with Crippen LogP contribution in [0.4, 0.5) is 0 Å². The van der Waals surface area contributed by atoms with Gasteiger partial charge in [0, 0.05) is 62.1 Å². The maximum Gasteiger partial charge on any atom is 0.251 e. The standard InChI is InChI=1S/C25H30N4O2.H2/c1-18(2)26-25(30)21-9-6-8-19(15-21)23-17-24(31-27-23)20-7-4-5-10-22(16-20)29-13-11-28(3)12-14-29;/h4,6-10,15-18H,5,11-14H2,1-3H3,(H,26,30);1H. The summed E-state index contributed by atoms with van der Waals surface area (Å²) >= 11 is 0. The second kappa shape index (κ2) is 9.35. The molecule has 0 saturated carbocycles. The second-order valence-electron chi connectivity index (χ2n) is 8.44. The molecule has 4 rings (SSSR count). The molecule has 0 unspecified atom stereocenters. The number of likely N-dealkylation sites (N-methyl/N-ethyl adjacent to an activating group) is 1. The molecule has 1 aliphatic carbocycles. The van der Waals surface area contributed by atoms with Crippen LogP contribution < -0.4 is 5.32 Å². The van der Waals surface area contributed by atoms with Crippen molar-refractivity contribution in [1.82, 2.24) is 20.3 Å². The SMILES string of the molecule is CC(C)NC(=O)c1cccc(-c2cc(C3=CC(N4CCN(C)CC4)=CCC=C3)on2)c1.[HH]. The van der Waals surface area contributed by atoms with Crippen molar-refractivity contribution < 1.29 is 10.7 Å². The van der Waals surface area contributed by atoms with Gasteiger partial charge in [0.05, 0.1) is 0 Å². The summed E-state index contributed by atoms with van der Waals surface area (Å²) < 4.78 is 5.71. The molecule has 0 spiro atoms. The van der Waals surface area contributed by atoms with E-state index in [1.807, 2.05) is 44.2 Å². The largest absolute Gasteiger partial charge is 0.369 e. The molecule has 2 aliphatic rings. The minimum atomic E-state index is -0.0862. The Morgan fingerprint density at radius 1 is 1.19 bits per heavy atom. The Labute approximate surface area is 185 Å². The number of nitrogens with zero attached hydrogens (tertiary/aromatic N) is 3. The quantitative estimate of drug-likeness (QED) is 0.786. The molecule has 1 amide bonds. The molecule has 1 aliphatic heterocycles. The van der Waals surface area contributed by atoms with Crippen LogP contribution in [0.1, 0.15) is 37.8 Å². The molecule has 164 valence electrons. The molecule has 1 aromatic heterocycles. The van der Waals surface area contributed by atoms with E-state index in [2.05, 4.69) is 51.6 Å². The number of carbonyl (C=O) groups excluding carboxylic acids is 1. The van der Waals surface area contributed by atoms with Gasteiger partial charge in [-0.15, -0.1) is 0 Å². The van der Waals surface area contributed by atoms with E-state index in [0.29, 0.717) is 5.56 Å². The maximum atomic E-state index is 12.3. The molecule has 1 fully saturated rings. The van der Waals surface area contributed by atoms with Crippen molar-refractivity contribution in [2.45, 2.75) is 26.3 Å². The molecule has 2 aromatic rings. The fraction of sp³-hybridized carbons (Fsp3) is 0.360. The van der Waals surface area contributed by atoms with Crippen LogP contribution in [0, 0.1) is 0 Å². The summed E-state index contributed by atoms with van der Waals surface area (Å²) in [6.45, 7) is 8.09. The molecule has 31 heavy (non-hydrogen) atoms. The van der Waals surface area contributed by atoms with E-state index in [4.69, 9.17) is 4.52 Å². The number of hydrogen-bond acceptors (Lipinski definition) is 5. The highest BCUT2D eigenvalue weighted by atomic mass is 16.5. The van der Waals surface area contributed by atoms with E-state index >= 15 is 0 Å². The summed E-state index contributed by atoms with van der Waals surface area (Å²) in [5.74, 6) is 0.641. The lowest BCUT2D eigenvalue weighted by molar-refractivity contribution is 0.0943. The number of amides is 1. The van der Waals surface area contributed by atoms with Crippen LogP contribution in [0.3, 0.4) is 0 Å². The van der Waals surface area contributed by atoms with E-state index in [9.17, 15) is 4.79 Å². The van der Waals surface area contributed by atoms with Gasteiger partial charge in [-0.3, -0.25) is 4.79 Å². The Bertz CT molecular complexity index is 1030. The highest BCUT2D eigenvalue weighted by Crippen LogP contribution is 2.28. The highest BCUT2D eigenvalue weighted by molar-refractivity contribution is 5.95. The molecule has 1 N–H and O–H groups in total. The minimum Gasteiger partial charge on any atom is -0.369 e. The summed E-state index contributed by atoms with van der Waals surface area (Å²) in [6.07, 6.45) is 9.59. The van der Waals surface area contributed by atoms with Gasteiger partial charge in [-0.2, -0.15) is 0 Å². The fourth-order valence-corrected chi connectivity index (χ4v) is 3.80. The number of piperazine rings is 1. The molecule has 0 radical (unpaired) electrons. The first kappa shape index (κ1) is 21.1. The van der Waals surface area contributed by atoms with E-state index in [-0.39, 0.29) is 13.4 Å². The monoisotopic (exact) mass is 420 g/mol. The number of hydrogen-bond donors (Lipinski definition) is 1. The number of carbonyl (C=O) groups is 1. The fourth-order valence-electron chi connectivity index (χ4n) is 3.80. The van der Waals surface area contributed by atoms with Gasteiger partial charge in [-0.05, 0) is 45.5 Å². The average molecular weight is 421 g/mol. The third-order valence-corrected chi connectivity index (χ3v) is 5.57. The van der Waals surface area contributed by atoms with Crippen LogP contribution in [0.2, 0.25) is 0 Å². The normalized spacial score (nSPS) is 17.4. The summed E-state index contributed by atoms with van der Waals surface area (Å²) in [6, 6.07) is 9.52. The summed E-state index contributed by atoms with van der Waals surface area (Å²) in [5.41, 5.74) is 4.44. The lowest BCUT2D eigenvalue weighted by atomic mass is 10.1. The Morgan fingerprint density at radius 3 is 2.77 bits per heavy atom. The number of aromatic nitrogens is 1. The first-order valence-electron chi connectivity index (χ1n) is 10.9. The van der Waals surface area contributed by atoms with Crippen molar-refractivity contribution >= 4 is 11.5 Å². The lowest BCUT2D eigenvalue weighted by Crippen LogP contribution is -2.43. The number of rotatable bonds is 5. The van der Waals surface area contributed by atoms with Gasteiger partial charge in [-0.1, -0.05) is 35.5 Å². The minimum absolute atomic E-state index is 0. The average Bonchev–Trinajstić information content (AvgIpc) is 3.12. The molecular weight excluding hydrogens is 388 g/mol. The Balaban J connectivity index is 0.00000289. The van der Waals surface area contributed by atoms with Crippen LogP contribution in [-0.2, 0) is 0 Å². The Hall–Kier alpha value is -3.12. The Kier molecular flexibility index (Phi) is 6.37. The van der Waals surface area contributed by atoms with Crippen LogP contribution in [0.25, 0.3) is 16.8 Å². The number of benzene rings is 1. The van der Waals surface area contributed by atoms with Crippen molar-refractivity contribution in [3.8, 4) is 11.3 Å². The van der Waals surface area contributed by atoms with Crippen molar-refractivity contribution in [3.05, 3.63) is 71.7 Å². The van der Waals surface area contributed by atoms with E-state index < -0.39 is 0 Å². The van der Waals surface area contributed by atoms with Gasteiger partial charge in [0.15, 0.2) is 5.76 Å². The van der Waals surface area contributed by atoms with Crippen molar-refractivity contribution in [1.29, 1.82) is 0 Å². The maximum absolute atomic E-state index is 12.3. The van der Waals surface area contributed by atoms with Crippen molar-refractivity contribution in [2.75, 3.05) is 33.2 Å². The molecule has 0 bridgehead atoms. The predicted octanol–water partition coefficient (Wildman–Crippen LogP) is 4.20. The zero-order chi connectivity index (χ0) is 21.8. The molecule has 2 heterocycles. The number of allylic oxidation sites excluding steroid dienone is 5. The lowest BCUT2D eigenvalue weighted by Gasteiger charge is -2.34. The molecule has 6 heteroatoms. The summed E-state index contributed by atoms with van der Waals surface area (Å²) in [5, 5.41) is 7.21. The van der Waals surface area contributed by atoms with Gasteiger partial charge < -0.3 is 19.6 Å². The molecular formula is C25H32N4O2. The van der Waals surface area contributed by atoms with E-state index in [1.165, 1.54) is 5.70 Å². The third kappa shape index (κ3) is 5.14. The first-order valence-corrected chi connectivity index (χ1v) is 10.9. The van der Waals surface area contributed by atoms with Crippen LogP contribution in [0.5, 0.6) is 0 Å². The zero-order valence-electron chi connectivity index (χ0n) is 18.5.